The average Bonchev–Trinajstić information content (AvgIpc) is 2.73. The molecule has 1 N–H and O–H groups in total. The van der Waals surface area contributed by atoms with Crippen molar-refractivity contribution >= 4 is 23.4 Å². The summed E-state index contributed by atoms with van der Waals surface area (Å²) in [4.78, 5) is 40.0. The number of nitrogens with zero attached hydrogens (tertiary/aromatic N) is 3. The van der Waals surface area contributed by atoms with E-state index in [1.54, 1.807) is 16.9 Å². The number of carbonyl (C=O) groups is 3. The first-order chi connectivity index (χ1) is 13.0. The molecule has 1 aromatic rings. The molecule has 1 fully saturated rings. The zero-order valence-electron chi connectivity index (χ0n) is 15.7. The van der Waals surface area contributed by atoms with E-state index in [1.807, 2.05) is 25.1 Å². The van der Waals surface area contributed by atoms with E-state index < -0.39 is 0 Å². The Morgan fingerprint density at radius 1 is 1.11 bits per heavy atom. The highest BCUT2D eigenvalue weighted by molar-refractivity contribution is 6.39. The van der Waals surface area contributed by atoms with Gasteiger partial charge in [0, 0.05) is 39.0 Å². The van der Waals surface area contributed by atoms with Gasteiger partial charge in [-0.3, -0.25) is 14.4 Å². The van der Waals surface area contributed by atoms with Crippen LogP contribution in [0.5, 0.6) is 5.75 Å². The van der Waals surface area contributed by atoms with Gasteiger partial charge in [-0.1, -0.05) is 13.0 Å². The molecule has 8 nitrogen and oxygen atoms in total. The predicted octanol–water partition coefficient (Wildman–Crippen LogP) is 0.808. The third-order valence-corrected chi connectivity index (χ3v) is 4.91. The van der Waals surface area contributed by atoms with Gasteiger partial charge in [0.15, 0.2) is 0 Å². The second-order valence-electron chi connectivity index (χ2n) is 6.57. The Morgan fingerprint density at radius 3 is 2.33 bits per heavy atom. The van der Waals surface area contributed by atoms with Crippen molar-refractivity contribution in [2.45, 2.75) is 26.2 Å². The van der Waals surface area contributed by atoms with Crippen molar-refractivity contribution in [2.24, 2.45) is 5.10 Å². The van der Waals surface area contributed by atoms with E-state index >= 15 is 0 Å². The van der Waals surface area contributed by atoms with Gasteiger partial charge in [0.25, 0.3) is 11.8 Å². The first kappa shape index (κ1) is 18.9. The molecule has 3 rings (SSSR count). The maximum absolute atomic E-state index is 12.9. The fourth-order valence-electron chi connectivity index (χ4n) is 3.24. The molecule has 0 aliphatic carbocycles. The van der Waals surface area contributed by atoms with Crippen LogP contribution in [0.3, 0.4) is 0 Å². The molecule has 0 saturated carbocycles. The van der Waals surface area contributed by atoms with Gasteiger partial charge < -0.3 is 14.5 Å². The normalized spacial score (nSPS) is 17.3. The maximum Gasteiger partial charge on any atom is 0.270 e. The molecule has 2 heterocycles. The van der Waals surface area contributed by atoms with Crippen LogP contribution in [-0.2, 0) is 16.0 Å². The molecule has 1 aromatic carbocycles. The lowest BCUT2D eigenvalue weighted by Gasteiger charge is -2.35. The van der Waals surface area contributed by atoms with Gasteiger partial charge in [0.2, 0.25) is 5.91 Å². The second-order valence-corrected chi connectivity index (χ2v) is 6.57. The molecule has 3 amide bonds. The van der Waals surface area contributed by atoms with E-state index in [-0.39, 0.29) is 24.1 Å². The fraction of sp³-hybridized carbons (Fsp3) is 0.474. The molecule has 0 aromatic heterocycles. The summed E-state index contributed by atoms with van der Waals surface area (Å²) in [6.07, 6.45) is 1.46. The Bertz CT molecular complexity index is 782. The van der Waals surface area contributed by atoms with E-state index in [9.17, 15) is 14.4 Å². The summed E-state index contributed by atoms with van der Waals surface area (Å²) in [6.45, 7) is 3.81. The average molecular weight is 372 g/mol. The summed E-state index contributed by atoms with van der Waals surface area (Å²) >= 11 is 0. The predicted molar refractivity (Wildman–Crippen MR) is 99.7 cm³/mol. The summed E-state index contributed by atoms with van der Waals surface area (Å²) in [6, 6.07) is 5.65. The SMILES string of the molecule is CCc1ccc(OC)c(C(=O)N2CCN(C(=O)C3=NNC(=O)CC3)CC2)c1. The van der Waals surface area contributed by atoms with Crippen LogP contribution < -0.4 is 10.2 Å². The van der Waals surface area contributed by atoms with Crippen LogP contribution in [0.1, 0.15) is 35.7 Å². The lowest BCUT2D eigenvalue weighted by Crippen LogP contribution is -2.52. The number of amides is 3. The molecule has 2 aliphatic rings. The van der Waals surface area contributed by atoms with Crippen LogP contribution in [0.25, 0.3) is 0 Å². The van der Waals surface area contributed by atoms with Crippen molar-refractivity contribution in [3.8, 4) is 5.75 Å². The Balaban J connectivity index is 1.64. The highest BCUT2D eigenvalue weighted by atomic mass is 16.5. The number of aryl methyl sites for hydroxylation is 1. The first-order valence-electron chi connectivity index (χ1n) is 9.14. The molecule has 144 valence electrons. The molecule has 0 radical (unpaired) electrons. The molecule has 8 heteroatoms. The van der Waals surface area contributed by atoms with Crippen molar-refractivity contribution in [3.05, 3.63) is 29.3 Å². The molecule has 2 aliphatic heterocycles. The van der Waals surface area contributed by atoms with Gasteiger partial charge in [0.1, 0.15) is 11.5 Å². The van der Waals surface area contributed by atoms with E-state index in [2.05, 4.69) is 10.5 Å². The van der Waals surface area contributed by atoms with Gasteiger partial charge in [-0.15, -0.1) is 0 Å². The quantitative estimate of drug-likeness (QED) is 0.847. The fourth-order valence-corrected chi connectivity index (χ4v) is 3.24. The zero-order chi connectivity index (χ0) is 19.4. The van der Waals surface area contributed by atoms with E-state index in [0.717, 1.165) is 12.0 Å². The minimum Gasteiger partial charge on any atom is -0.496 e. The highest BCUT2D eigenvalue weighted by Crippen LogP contribution is 2.23. The maximum atomic E-state index is 12.9. The van der Waals surface area contributed by atoms with Crippen LogP contribution in [0.15, 0.2) is 23.3 Å². The third-order valence-electron chi connectivity index (χ3n) is 4.91. The topological polar surface area (TPSA) is 91.3 Å². The molecular formula is C19H24N4O4. The van der Waals surface area contributed by atoms with E-state index in [0.29, 0.717) is 49.6 Å². The van der Waals surface area contributed by atoms with Gasteiger partial charge >= 0.3 is 0 Å². The number of hydrazone groups is 1. The second kappa shape index (κ2) is 8.20. The number of hydrogen-bond acceptors (Lipinski definition) is 5. The van der Waals surface area contributed by atoms with Gasteiger partial charge in [-0.2, -0.15) is 5.10 Å². The van der Waals surface area contributed by atoms with Crippen molar-refractivity contribution in [3.63, 3.8) is 0 Å². The minimum atomic E-state index is -0.176. The van der Waals surface area contributed by atoms with Gasteiger partial charge in [0.05, 0.1) is 12.7 Å². The Hall–Kier alpha value is -2.90. The number of nitrogens with one attached hydrogen (secondary N) is 1. The van der Waals surface area contributed by atoms with Crippen LogP contribution in [0, 0.1) is 0 Å². The van der Waals surface area contributed by atoms with Gasteiger partial charge in [-0.05, 0) is 24.1 Å². The molecule has 0 atom stereocenters. The highest BCUT2D eigenvalue weighted by Gasteiger charge is 2.29. The lowest BCUT2D eigenvalue weighted by molar-refractivity contribution is -0.126. The molecule has 27 heavy (non-hydrogen) atoms. The van der Waals surface area contributed by atoms with E-state index in [1.165, 1.54) is 0 Å². The Kier molecular flexibility index (Phi) is 5.73. The molecule has 0 unspecified atom stereocenters. The number of methoxy groups -OCH3 is 1. The van der Waals surface area contributed by atoms with Crippen molar-refractivity contribution in [1.29, 1.82) is 0 Å². The number of piperazine rings is 1. The monoisotopic (exact) mass is 372 g/mol. The van der Waals surface area contributed by atoms with Crippen LogP contribution in [0.2, 0.25) is 0 Å². The van der Waals surface area contributed by atoms with Crippen molar-refractivity contribution in [2.75, 3.05) is 33.3 Å². The number of hydrogen-bond donors (Lipinski definition) is 1. The van der Waals surface area contributed by atoms with Crippen LogP contribution in [0.4, 0.5) is 0 Å². The molecule has 1 saturated heterocycles. The number of benzene rings is 1. The van der Waals surface area contributed by atoms with Gasteiger partial charge in [-0.25, -0.2) is 5.43 Å². The van der Waals surface area contributed by atoms with Crippen LogP contribution in [-0.4, -0.2) is 66.5 Å². The van der Waals surface area contributed by atoms with Crippen molar-refractivity contribution < 1.29 is 19.1 Å². The largest absolute Gasteiger partial charge is 0.496 e. The smallest absolute Gasteiger partial charge is 0.270 e. The number of ether oxygens (including phenoxy) is 1. The third kappa shape index (κ3) is 4.10. The molecular weight excluding hydrogens is 348 g/mol. The summed E-state index contributed by atoms with van der Waals surface area (Å²) in [5, 5.41) is 3.86. The number of rotatable bonds is 4. The minimum absolute atomic E-state index is 0.0866. The first-order valence-corrected chi connectivity index (χ1v) is 9.14. The Morgan fingerprint density at radius 2 is 1.78 bits per heavy atom. The summed E-state index contributed by atoms with van der Waals surface area (Å²) < 4.78 is 5.34. The van der Waals surface area contributed by atoms with Crippen molar-refractivity contribution in [1.82, 2.24) is 15.2 Å². The molecule has 0 spiro atoms. The lowest BCUT2D eigenvalue weighted by atomic mass is 10.1. The summed E-state index contributed by atoms with van der Waals surface area (Å²) in [7, 11) is 1.55. The summed E-state index contributed by atoms with van der Waals surface area (Å²) in [5.74, 6) is 0.123. The summed E-state index contributed by atoms with van der Waals surface area (Å²) in [5.41, 5.74) is 4.34. The van der Waals surface area contributed by atoms with E-state index in [4.69, 9.17) is 4.74 Å². The Labute approximate surface area is 158 Å². The number of carbonyl (C=O) groups excluding carboxylic acids is 3. The van der Waals surface area contributed by atoms with Crippen LogP contribution >= 0.6 is 0 Å². The standard InChI is InChI=1S/C19H24N4O4/c1-3-13-4-6-16(27-2)14(12-13)18(25)22-8-10-23(11-9-22)19(26)15-5-7-17(24)21-20-15/h4,6,12H,3,5,7-11H2,1-2H3,(H,21,24). The molecule has 0 bridgehead atoms. The zero-order valence-corrected chi connectivity index (χ0v) is 15.7.